The van der Waals surface area contributed by atoms with Gasteiger partial charge in [-0.2, -0.15) is 5.10 Å². The van der Waals surface area contributed by atoms with Crippen LogP contribution in [0.2, 0.25) is 0 Å². The van der Waals surface area contributed by atoms with E-state index in [-0.39, 0.29) is 17.4 Å². The van der Waals surface area contributed by atoms with Crippen LogP contribution in [-0.4, -0.2) is 27.6 Å². The summed E-state index contributed by atoms with van der Waals surface area (Å²) in [6.07, 6.45) is 5.62. The zero-order chi connectivity index (χ0) is 14.0. The molecule has 1 aromatic heterocycles. The molecular weight excluding hydrogens is 306 g/mol. The van der Waals surface area contributed by atoms with E-state index in [2.05, 4.69) is 33.3 Å². The highest BCUT2D eigenvalue weighted by Gasteiger charge is 2.42. The van der Waals surface area contributed by atoms with Gasteiger partial charge in [0.25, 0.3) is 0 Å². The van der Waals surface area contributed by atoms with Gasteiger partial charge in [-0.15, -0.1) is 0 Å². The van der Waals surface area contributed by atoms with Crippen LogP contribution in [-0.2, 0) is 0 Å². The van der Waals surface area contributed by atoms with Crippen LogP contribution >= 0.6 is 15.9 Å². The van der Waals surface area contributed by atoms with Gasteiger partial charge in [-0.3, -0.25) is 9.48 Å². The summed E-state index contributed by atoms with van der Waals surface area (Å²) in [7, 11) is 0. The summed E-state index contributed by atoms with van der Waals surface area (Å²) in [4.78, 5) is 13.0. The molecule has 4 nitrogen and oxygen atoms in total. The van der Waals surface area contributed by atoms with Gasteiger partial charge in [-0.25, -0.2) is 0 Å². The predicted octanol–water partition coefficient (Wildman–Crippen LogP) is 3.33. The minimum Gasteiger partial charge on any atom is -0.305 e. The predicted molar refractivity (Wildman–Crippen MR) is 79.5 cm³/mol. The average Bonchev–Trinajstić information content (AvgIpc) is 2.96. The van der Waals surface area contributed by atoms with Crippen LogP contribution in [0.25, 0.3) is 0 Å². The number of ketones is 1. The Kier molecular flexibility index (Phi) is 4.46. The Morgan fingerprint density at radius 2 is 2.37 bits per heavy atom. The normalized spacial score (nSPS) is 23.2. The van der Waals surface area contributed by atoms with E-state index in [9.17, 15) is 4.79 Å². The molecule has 5 heteroatoms. The molecule has 1 aliphatic heterocycles. The molecule has 0 aliphatic carbocycles. The van der Waals surface area contributed by atoms with Crippen LogP contribution in [0.4, 0.5) is 0 Å². The van der Waals surface area contributed by atoms with Crippen molar-refractivity contribution in [1.29, 1.82) is 0 Å². The van der Waals surface area contributed by atoms with Crippen molar-refractivity contribution in [3.63, 3.8) is 0 Å². The lowest BCUT2D eigenvalue weighted by Gasteiger charge is -2.28. The van der Waals surface area contributed by atoms with Gasteiger partial charge in [-0.1, -0.05) is 13.3 Å². The van der Waals surface area contributed by atoms with Gasteiger partial charge in [0, 0.05) is 6.04 Å². The van der Waals surface area contributed by atoms with Crippen LogP contribution in [0, 0.1) is 0 Å². The summed E-state index contributed by atoms with van der Waals surface area (Å²) < 4.78 is 2.62. The third kappa shape index (κ3) is 2.63. The molecule has 0 aromatic carbocycles. The van der Waals surface area contributed by atoms with Crippen molar-refractivity contribution in [3.05, 3.63) is 16.4 Å². The summed E-state index contributed by atoms with van der Waals surface area (Å²) >= 11 is 3.48. The van der Waals surface area contributed by atoms with Gasteiger partial charge in [0.15, 0.2) is 0 Å². The van der Waals surface area contributed by atoms with Crippen LogP contribution in [0.1, 0.15) is 63.0 Å². The Labute approximate surface area is 123 Å². The number of aromatic nitrogens is 2. The highest BCUT2D eigenvalue weighted by molar-refractivity contribution is 9.10. The van der Waals surface area contributed by atoms with Gasteiger partial charge in [0.1, 0.15) is 5.69 Å². The van der Waals surface area contributed by atoms with E-state index in [1.165, 1.54) is 0 Å². The molecular formula is C14H22BrN3O. The van der Waals surface area contributed by atoms with Crippen molar-refractivity contribution in [2.24, 2.45) is 0 Å². The Balaban J connectivity index is 2.40. The molecule has 2 heterocycles. The molecule has 1 aromatic rings. The lowest BCUT2D eigenvalue weighted by molar-refractivity contribution is 0.0843. The number of nitrogens with one attached hydrogen (secondary N) is 1. The first-order chi connectivity index (χ1) is 9.02. The fraction of sp³-hybridized carbons (Fsp3) is 0.714. The fourth-order valence-electron chi connectivity index (χ4n) is 2.93. The zero-order valence-electron chi connectivity index (χ0n) is 11.9. The van der Waals surface area contributed by atoms with Gasteiger partial charge in [-0.05, 0) is 55.6 Å². The highest BCUT2D eigenvalue weighted by Crippen LogP contribution is 2.32. The Morgan fingerprint density at radius 3 is 2.89 bits per heavy atom. The SMILES string of the molecule is CCCC1(C(=O)c2c(Br)cnn2C(C)C)CCCN1. The molecule has 0 saturated carbocycles. The Bertz CT molecular complexity index is 461. The van der Waals surface area contributed by atoms with Crippen LogP contribution in [0.3, 0.4) is 0 Å². The van der Waals surface area contributed by atoms with E-state index in [1.54, 1.807) is 6.20 Å². The summed E-state index contributed by atoms with van der Waals surface area (Å²) in [5, 5.41) is 7.76. The summed E-state index contributed by atoms with van der Waals surface area (Å²) in [6, 6.07) is 0.185. The first-order valence-electron chi connectivity index (χ1n) is 7.04. The molecule has 1 saturated heterocycles. The quantitative estimate of drug-likeness (QED) is 0.844. The van der Waals surface area contributed by atoms with E-state index in [0.717, 1.165) is 36.7 Å². The van der Waals surface area contributed by atoms with Gasteiger partial charge >= 0.3 is 0 Å². The van der Waals surface area contributed by atoms with Crippen molar-refractivity contribution in [2.45, 2.75) is 58.0 Å². The number of hydrogen-bond acceptors (Lipinski definition) is 3. The first kappa shape index (κ1) is 14.7. The van der Waals surface area contributed by atoms with Crippen molar-refractivity contribution in [3.8, 4) is 0 Å². The van der Waals surface area contributed by atoms with Gasteiger partial charge in [0.05, 0.1) is 16.2 Å². The molecule has 1 fully saturated rings. The Hall–Kier alpha value is -0.680. The molecule has 0 radical (unpaired) electrons. The third-order valence-electron chi connectivity index (χ3n) is 3.81. The molecule has 19 heavy (non-hydrogen) atoms. The van der Waals surface area contributed by atoms with Crippen molar-refractivity contribution in [1.82, 2.24) is 15.1 Å². The minimum absolute atomic E-state index is 0.185. The lowest BCUT2D eigenvalue weighted by atomic mass is 9.85. The van der Waals surface area contributed by atoms with Crippen molar-refractivity contribution < 1.29 is 4.79 Å². The molecule has 1 aliphatic rings. The number of halogens is 1. The summed E-state index contributed by atoms with van der Waals surface area (Å²) in [6.45, 7) is 7.15. The largest absolute Gasteiger partial charge is 0.305 e. The zero-order valence-corrected chi connectivity index (χ0v) is 13.5. The van der Waals surface area contributed by atoms with E-state index in [4.69, 9.17) is 0 Å². The second-order valence-electron chi connectivity index (χ2n) is 5.57. The van der Waals surface area contributed by atoms with E-state index < -0.39 is 0 Å². The van der Waals surface area contributed by atoms with Crippen molar-refractivity contribution in [2.75, 3.05) is 6.54 Å². The number of carbonyl (C=O) groups is 1. The molecule has 1 unspecified atom stereocenters. The summed E-state index contributed by atoms with van der Waals surface area (Å²) in [5.74, 6) is 0.185. The average molecular weight is 328 g/mol. The number of carbonyl (C=O) groups excluding carboxylic acids is 1. The highest BCUT2D eigenvalue weighted by atomic mass is 79.9. The van der Waals surface area contributed by atoms with Crippen LogP contribution in [0.5, 0.6) is 0 Å². The lowest BCUT2D eigenvalue weighted by Crippen LogP contribution is -2.48. The number of nitrogens with zero attached hydrogens (tertiary/aromatic N) is 2. The van der Waals surface area contributed by atoms with E-state index in [1.807, 2.05) is 18.5 Å². The van der Waals surface area contributed by atoms with Gasteiger partial charge in [0.2, 0.25) is 5.78 Å². The van der Waals surface area contributed by atoms with Crippen molar-refractivity contribution >= 4 is 21.7 Å². The third-order valence-corrected chi connectivity index (χ3v) is 4.39. The maximum Gasteiger partial charge on any atom is 0.201 e. The van der Waals surface area contributed by atoms with Crippen LogP contribution < -0.4 is 5.32 Å². The maximum atomic E-state index is 13.0. The number of hydrogen-bond donors (Lipinski definition) is 1. The second kappa shape index (κ2) is 5.75. The molecule has 1 N–H and O–H groups in total. The molecule has 2 rings (SSSR count). The smallest absolute Gasteiger partial charge is 0.201 e. The van der Waals surface area contributed by atoms with Gasteiger partial charge < -0.3 is 5.32 Å². The van der Waals surface area contributed by atoms with Crippen LogP contribution in [0.15, 0.2) is 10.7 Å². The standard InChI is InChI=1S/C14H22BrN3O/c1-4-6-14(7-5-8-16-14)13(19)12-11(15)9-17-18(12)10(2)3/h9-10,16H,4-8H2,1-3H3. The molecule has 0 bridgehead atoms. The number of rotatable bonds is 5. The van der Waals surface area contributed by atoms with E-state index in [0.29, 0.717) is 5.69 Å². The molecule has 106 valence electrons. The topological polar surface area (TPSA) is 46.9 Å². The minimum atomic E-state index is -0.385. The molecule has 1 atom stereocenters. The molecule has 0 spiro atoms. The number of Topliss-reactive ketones (excluding diaryl/α,β-unsaturated/α-hetero) is 1. The Morgan fingerprint density at radius 1 is 1.63 bits per heavy atom. The fourth-order valence-corrected chi connectivity index (χ4v) is 3.38. The second-order valence-corrected chi connectivity index (χ2v) is 6.43. The monoisotopic (exact) mass is 327 g/mol. The first-order valence-corrected chi connectivity index (χ1v) is 7.84. The summed E-state index contributed by atoms with van der Waals surface area (Å²) in [5.41, 5.74) is 0.321. The van der Waals surface area contributed by atoms with E-state index >= 15 is 0 Å². The maximum absolute atomic E-state index is 13.0. The molecule has 0 amide bonds.